The number of furan rings is 1. The molecular weight excluding hydrogens is 292 g/mol. The van der Waals surface area contributed by atoms with Gasteiger partial charge in [0.1, 0.15) is 5.76 Å². The van der Waals surface area contributed by atoms with Gasteiger partial charge >= 0.3 is 0 Å². The van der Waals surface area contributed by atoms with Crippen LogP contribution in [0.15, 0.2) is 21.6 Å². The minimum atomic E-state index is -3.51. The van der Waals surface area contributed by atoms with Crippen molar-refractivity contribution in [1.82, 2.24) is 9.62 Å². The lowest BCUT2D eigenvalue weighted by Gasteiger charge is -2.26. The van der Waals surface area contributed by atoms with Gasteiger partial charge in [0.2, 0.25) is 5.09 Å². The molecule has 1 heterocycles. The van der Waals surface area contributed by atoms with Crippen molar-refractivity contribution in [3.05, 3.63) is 17.9 Å². The minimum Gasteiger partial charge on any atom is -0.447 e. The number of hydrogen-bond donors (Lipinski definition) is 2. The fourth-order valence-corrected chi connectivity index (χ4v) is 3.55. The van der Waals surface area contributed by atoms with Crippen molar-refractivity contribution in [1.29, 1.82) is 0 Å². The Bertz CT molecular complexity index is 559. The first-order valence-electron chi connectivity index (χ1n) is 7.22. The smallest absolute Gasteiger partial charge is 0.275 e. The van der Waals surface area contributed by atoms with E-state index < -0.39 is 10.0 Å². The lowest BCUT2D eigenvalue weighted by atomic mass is 9.87. The normalized spacial score (nSPS) is 18.5. The van der Waals surface area contributed by atoms with Crippen molar-refractivity contribution in [2.75, 3.05) is 27.2 Å². The Balaban J connectivity index is 1.92. The minimum absolute atomic E-state index is 0.0227. The molecule has 7 heteroatoms. The van der Waals surface area contributed by atoms with Crippen molar-refractivity contribution in [3.63, 3.8) is 0 Å². The van der Waals surface area contributed by atoms with E-state index in [0.29, 0.717) is 12.3 Å². The van der Waals surface area contributed by atoms with Gasteiger partial charge in [-0.05, 0) is 25.0 Å². The van der Waals surface area contributed by atoms with Gasteiger partial charge in [-0.15, -0.1) is 0 Å². The Morgan fingerprint density at radius 2 is 2.00 bits per heavy atom. The van der Waals surface area contributed by atoms with Gasteiger partial charge in [-0.2, -0.15) is 0 Å². The van der Waals surface area contributed by atoms with Crippen LogP contribution in [0, 0.1) is 5.41 Å². The molecule has 1 fully saturated rings. The van der Waals surface area contributed by atoms with Gasteiger partial charge in [0, 0.05) is 32.7 Å². The number of hydrogen-bond acceptors (Lipinski definition) is 5. The molecule has 0 unspecified atom stereocenters. The quantitative estimate of drug-likeness (QED) is 0.789. The van der Waals surface area contributed by atoms with E-state index in [4.69, 9.17) is 4.42 Å². The first-order valence-corrected chi connectivity index (χ1v) is 8.66. The molecule has 6 nitrogen and oxygen atoms in total. The first-order chi connectivity index (χ1) is 9.89. The highest BCUT2D eigenvalue weighted by Gasteiger charge is 2.32. The molecule has 0 aliphatic heterocycles. The number of rotatable bonds is 7. The van der Waals surface area contributed by atoms with Gasteiger partial charge in [-0.25, -0.2) is 12.7 Å². The maximum absolute atomic E-state index is 11.9. The molecule has 2 rings (SSSR count). The molecule has 0 atom stereocenters. The van der Waals surface area contributed by atoms with Crippen molar-refractivity contribution >= 4 is 10.0 Å². The van der Waals surface area contributed by atoms with E-state index in [2.05, 4.69) is 5.32 Å². The molecular formula is C14H24N2O4S. The predicted octanol–water partition coefficient (Wildman–Crippen LogP) is 1.17. The van der Waals surface area contributed by atoms with E-state index in [1.807, 2.05) is 0 Å². The molecule has 1 saturated carbocycles. The Hall–Kier alpha value is -0.890. The largest absolute Gasteiger partial charge is 0.447 e. The zero-order valence-electron chi connectivity index (χ0n) is 12.6. The van der Waals surface area contributed by atoms with E-state index in [1.54, 1.807) is 6.07 Å². The van der Waals surface area contributed by atoms with Crippen LogP contribution in [-0.2, 0) is 16.6 Å². The van der Waals surface area contributed by atoms with E-state index in [0.717, 1.165) is 36.5 Å². The number of aliphatic hydroxyl groups excluding tert-OH is 1. The van der Waals surface area contributed by atoms with Crippen molar-refractivity contribution in [2.45, 2.75) is 37.3 Å². The average Bonchev–Trinajstić information content (AvgIpc) is 3.08. The SMILES string of the molecule is CN(C)S(=O)(=O)c1ccc(CNCC2(CO)CCCC2)o1. The fourth-order valence-electron chi connectivity index (χ4n) is 2.74. The van der Waals surface area contributed by atoms with Gasteiger partial charge in [0.15, 0.2) is 0 Å². The molecule has 0 saturated heterocycles. The highest BCUT2D eigenvalue weighted by molar-refractivity contribution is 7.88. The highest BCUT2D eigenvalue weighted by Crippen LogP contribution is 2.36. The molecule has 0 spiro atoms. The van der Waals surface area contributed by atoms with Crippen LogP contribution in [-0.4, -0.2) is 45.1 Å². The molecule has 21 heavy (non-hydrogen) atoms. The van der Waals surface area contributed by atoms with Crippen LogP contribution in [0.3, 0.4) is 0 Å². The molecule has 1 aromatic rings. The Morgan fingerprint density at radius 1 is 1.33 bits per heavy atom. The summed E-state index contributed by atoms with van der Waals surface area (Å²) in [5.41, 5.74) is -0.0227. The summed E-state index contributed by atoms with van der Waals surface area (Å²) in [6.07, 6.45) is 4.40. The molecule has 1 aliphatic carbocycles. The van der Waals surface area contributed by atoms with Crippen molar-refractivity contribution < 1.29 is 17.9 Å². The van der Waals surface area contributed by atoms with Crippen LogP contribution in [0.1, 0.15) is 31.4 Å². The van der Waals surface area contributed by atoms with Gasteiger partial charge in [0.25, 0.3) is 10.0 Å². The Labute approximate surface area is 126 Å². The second-order valence-corrected chi connectivity index (χ2v) is 8.06. The summed E-state index contributed by atoms with van der Waals surface area (Å²) in [6, 6.07) is 3.15. The molecule has 0 bridgehead atoms. The van der Waals surface area contributed by atoms with E-state index in [-0.39, 0.29) is 17.1 Å². The number of nitrogens with one attached hydrogen (secondary N) is 1. The lowest BCUT2D eigenvalue weighted by Crippen LogP contribution is -2.34. The zero-order valence-corrected chi connectivity index (χ0v) is 13.4. The predicted molar refractivity (Wildman–Crippen MR) is 79.3 cm³/mol. The van der Waals surface area contributed by atoms with Gasteiger partial charge in [0.05, 0.1) is 6.54 Å². The molecule has 120 valence electrons. The summed E-state index contributed by atoms with van der Waals surface area (Å²) in [6.45, 7) is 1.38. The monoisotopic (exact) mass is 316 g/mol. The van der Waals surface area contributed by atoms with Crippen molar-refractivity contribution in [3.8, 4) is 0 Å². The molecule has 0 amide bonds. The van der Waals surface area contributed by atoms with Crippen molar-refractivity contribution in [2.24, 2.45) is 5.41 Å². The van der Waals surface area contributed by atoms with Gasteiger partial charge < -0.3 is 14.8 Å². The third-order valence-electron chi connectivity index (χ3n) is 4.17. The van der Waals surface area contributed by atoms with Crippen LogP contribution in [0.2, 0.25) is 0 Å². The second-order valence-electron chi connectivity index (χ2n) is 5.98. The maximum atomic E-state index is 11.9. The molecule has 1 aliphatic rings. The lowest BCUT2D eigenvalue weighted by molar-refractivity contribution is 0.127. The summed E-state index contributed by atoms with van der Waals surface area (Å²) < 4.78 is 30.3. The summed E-state index contributed by atoms with van der Waals surface area (Å²) in [5, 5.41) is 12.8. The highest BCUT2D eigenvalue weighted by atomic mass is 32.2. The number of sulfonamides is 1. The summed E-state index contributed by atoms with van der Waals surface area (Å²) in [7, 11) is -0.568. The van der Waals surface area contributed by atoms with E-state index in [1.165, 1.54) is 20.2 Å². The van der Waals surface area contributed by atoms with Crippen LogP contribution in [0.5, 0.6) is 0 Å². The first kappa shape index (κ1) is 16.5. The summed E-state index contributed by atoms with van der Waals surface area (Å²) in [4.78, 5) is 0. The Kier molecular flexibility index (Phi) is 5.08. The summed E-state index contributed by atoms with van der Waals surface area (Å²) >= 11 is 0. The summed E-state index contributed by atoms with van der Waals surface area (Å²) in [5.74, 6) is 0.585. The zero-order chi connectivity index (χ0) is 15.5. The van der Waals surface area contributed by atoms with Gasteiger partial charge in [-0.3, -0.25) is 0 Å². The third kappa shape index (κ3) is 3.66. The fraction of sp³-hybridized carbons (Fsp3) is 0.714. The standard InChI is InChI=1S/C14H24N2O4S/c1-16(2)21(18,19)13-6-5-12(20-13)9-15-10-14(11-17)7-3-4-8-14/h5-6,15,17H,3-4,7-11H2,1-2H3. The molecule has 1 aromatic heterocycles. The van der Waals surface area contributed by atoms with Crippen LogP contribution < -0.4 is 5.32 Å². The topological polar surface area (TPSA) is 82.8 Å². The van der Waals surface area contributed by atoms with Crippen LogP contribution >= 0.6 is 0 Å². The molecule has 2 N–H and O–H groups in total. The van der Waals surface area contributed by atoms with Crippen LogP contribution in [0.25, 0.3) is 0 Å². The molecule has 0 aromatic carbocycles. The maximum Gasteiger partial charge on any atom is 0.275 e. The third-order valence-corrected chi connectivity index (χ3v) is 5.86. The van der Waals surface area contributed by atoms with Gasteiger partial charge in [-0.1, -0.05) is 12.8 Å². The van der Waals surface area contributed by atoms with E-state index in [9.17, 15) is 13.5 Å². The second kappa shape index (κ2) is 6.48. The van der Waals surface area contributed by atoms with E-state index >= 15 is 0 Å². The number of aliphatic hydroxyl groups is 1. The van der Waals surface area contributed by atoms with Crippen LogP contribution in [0.4, 0.5) is 0 Å². The molecule has 0 radical (unpaired) electrons. The number of nitrogens with zero attached hydrogens (tertiary/aromatic N) is 1. The average molecular weight is 316 g/mol. The Morgan fingerprint density at radius 3 is 2.57 bits per heavy atom.